The third-order valence-corrected chi connectivity index (χ3v) is 5.65. The molecule has 0 spiro atoms. The normalized spacial score (nSPS) is 10.6. The van der Waals surface area contributed by atoms with Crippen LogP contribution in [0.4, 0.5) is 0 Å². The number of carbonyl (C=O) groups is 1. The van der Waals surface area contributed by atoms with Crippen molar-refractivity contribution >= 4 is 16.8 Å². The largest absolute Gasteiger partial charge is 0.497 e. The number of hydrogen-bond acceptors (Lipinski definition) is 5. The van der Waals surface area contributed by atoms with E-state index in [9.17, 15) is 14.4 Å². The van der Waals surface area contributed by atoms with Gasteiger partial charge in [0.25, 0.3) is 11.5 Å². The maximum Gasteiger partial charge on any atom is 0.331 e. The Morgan fingerprint density at radius 3 is 2.32 bits per heavy atom. The maximum absolute atomic E-state index is 13.2. The number of rotatable bonds is 6. The number of methoxy groups -OCH3 is 1. The predicted octanol–water partition coefficient (Wildman–Crippen LogP) is 2.56. The molecular formula is C26H22N4O4. The van der Waals surface area contributed by atoms with Crippen LogP contribution in [0, 0.1) is 11.3 Å². The van der Waals surface area contributed by atoms with Crippen LogP contribution >= 0.6 is 0 Å². The van der Waals surface area contributed by atoms with Crippen LogP contribution in [0.25, 0.3) is 10.9 Å². The van der Waals surface area contributed by atoms with Gasteiger partial charge in [-0.15, -0.1) is 0 Å². The molecule has 0 aliphatic heterocycles. The lowest BCUT2D eigenvalue weighted by atomic mass is 10.1. The topological polar surface area (TPSA) is 106 Å². The number of nitriles is 1. The first kappa shape index (κ1) is 22.6. The number of ether oxygens (including phenoxy) is 1. The van der Waals surface area contributed by atoms with Crippen molar-refractivity contribution in [3.8, 4) is 11.8 Å². The average molecular weight is 454 g/mol. The summed E-state index contributed by atoms with van der Waals surface area (Å²) in [7, 11) is 3.17. The fraction of sp³-hybridized carbons (Fsp3) is 0.154. The summed E-state index contributed by atoms with van der Waals surface area (Å²) in [6.45, 7) is 0.373. The quantitative estimate of drug-likeness (QED) is 0.482. The van der Waals surface area contributed by atoms with E-state index in [4.69, 9.17) is 10.00 Å². The van der Waals surface area contributed by atoms with Gasteiger partial charge in [-0.05, 0) is 53.6 Å². The Morgan fingerprint density at radius 1 is 1.00 bits per heavy atom. The standard InChI is InChI=1S/C26H22N4O4/c1-29-23-12-9-20(24(31)28-15-18-7-10-21(34-2)11-8-18)13-22(23)25(32)30(26(29)33)16-19-5-3-17(14-27)4-6-19/h3-13H,15-16H2,1-2H3,(H,28,31). The molecular weight excluding hydrogens is 432 g/mol. The minimum Gasteiger partial charge on any atom is -0.497 e. The molecule has 1 heterocycles. The molecule has 0 aliphatic carbocycles. The van der Waals surface area contributed by atoms with Crippen molar-refractivity contribution in [3.63, 3.8) is 0 Å². The third kappa shape index (κ3) is 4.45. The number of benzene rings is 3. The van der Waals surface area contributed by atoms with E-state index >= 15 is 0 Å². The second-order valence-electron chi connectivity index (χ2n) is 7.80. The van der Waals surface area contributed by atoms with Gasteiger partial charge in [0.05, 0.1) is 36.2 Å². The van der Waals surface area contributed by atoms with E-state index in [0.29, 0.717) is 28.8 Å². The monoisotopic (exact) mass is 454 g/mol. The van der Waals surface area contributed by atoms with Gasteiger partial charge in [-0.3, -0.25) is 18.7 Å². The highest BCUT2D eigenvalue weighted by atomic mass is 16.5. The molecule has 170 valence electrons. The zero-order valence-electron chi connectivity index (χ0n) is 18.7. The zero-order chi connectivity index (χ0) is 24.2. The maximum atomic E-state index is 13.2. The number of fused-ring (bicyclic) bond motifs is 1. The first-order valence-corrected chi connectivity index (χ1v) is 10.5. The van der Waals surface area contributed by atoms with E-state index in [1.165, 1.54) is 10.6 Å². The fourth-order valence-corrected chi connectivity index (χ4v) is 3.69. The summed E-state index contributed by atoms with van der Waals surface area (Å²) in [6.07, 6.45) is 0. The lowest BCUT2D eigenvalue weighted by Crippen LogP contribution is -2.39. The summed E-state index contributed by atoms with van der Waals surface area (Å²) < 4.78 is 7.65. The number of hydrogen-bond donors (Lipinski definition) is 1. The highest BCUT2D eigenvalue weighted by Gasteiger charge is 2.14. The van der Waals surface area contributed by atoms with E-state index in [1.807, 2.05) is 30.3 Å². The Bertz CT molecular complexity index is 1530. The summed E-state index contributed by atoms with van der Waals surface area (Å²) in [5.41, 5.74) is 1.94. The van der Waals surface area contributed by atoms with Crippen LogP contribution in [-0.2, 0) is 20.1 Å². The molecule has 34 heavy (non-hydrogen) atoms. The number of aromatic nitrogens is 2. The smallest absolute Gasteiger partial charge is 0.331 e. The predicted molar refractivity (Wildman–Crippen MR) is 128 cm³/mol. The van der Waals surface area contributed by atoms with Gasteiger partial charge in [0.15, 0.2) is 0 Å². The van der Waals surface area contributed by atoms with Crippen LogP contribution in [0.2, 0.25) is 0 Å². The lowest BCUT2D eigenvalue weighted by molar-refractivity contribution is 0.0951. The Morgan fingerprint density at radius 2 is 1.68 bits per heavy atom. The summed E-state index contributed by atoms with van der Waals surface area (Å²) in [5, 5.41) is 12.1. The van der Waals surface area contributed by atoms with Gasteiger partial charge in [0, 0.05) is 19.2 Å². The van der Waals surface area contributed by atoms with Gasteiger partial charge >= 0.3 is 5.69 Å². The van der Waals surface area contributed by atoms with Crippen molar-refractivity contribution < 1.29 is 9.53 Å². The Hall–Kier alpha value is -4.64. The van der Waals surface area contributed by atoms with Crippen LogP contribution in [0.3, 0.4) is 0 Å². The molecule has 1 aromatic heterocycles. The van der Waals surface area contributed by atoms with Crippen LogP contribution in [-0.4, -0.2) is 22.2 Å². The molecule has 0 saturated carbocycles. The molecule has 3 aromatic carbocycles. The van der Waals surface area contributed by atoms with Crippen LogP contribution < -0.4 is 21.3 Å². The van der Waals surface area contributed by atoms with Crippen molar-refractivity contribution in [2.45, 2.75) is 13.1 Å². The molecule has 8 nitrogen and oxygen atoms in total. The number of nitrogens with one attached hydrogen (secondary N) is 1. The molecule has 0 bridgehead atoms. The molecule has 1 N–H and O–H groups in total. The van der Waals surface area contributed by atoms with E-state index in [0.717, 1.165) is 15.9 Å². The van der Waals surface area contributed by atoms with Gasteiger partial charge in [-0.25, -0.2) is 4.79 Å². The van der Waals surface area contributed by atoms with Gasteiger partial charge in [-0.1, -0.05) is 24.3 Å². The van der Waals surface area contributed by atoms with Crippen LogP contribution in [0.5, 0.6) is 5.75 Å². The summed E-state index contributed by atoms with van der Waals surface area (Å²) >= 11 is 0. The number of nitrogens with zero attached hydrogens (tertiary/aromatic N) is 3. The van der Waals surface area contributed by atoms with Gasteiger partial charge in [-0.2, -0.15) is 5.26 Å². The molecule has 8 heteroatoms. The van der Waals surface area contributed by atoms with E-state index in [1.54, 1.807) is 50.6 Å². The highest BCUT2D eigenvalue weighted by Crippen LogP contribution is 2.14. The lowest BCUT2D eigenvalue weighted by Gasteiger charge is -2.12. The van der Waals surface area contributed by atoms with E-state index in [-0.39, 0.29) is 17.8 Å². The Labute approximate surface area is 195 Å². The van der Waals surface area contributed by atoms with Crippen molar-refractivity contribution in [1.29, 1.82) is 5.26 Å². The van der Waals surface area contributed by atoms with Crippen molar-refractivity contribution in [3.05, 3.63) is 110 Å². The second kappa shape index (κ2) is 9.46. The van der Waals surface area contributed by atoms with Crippen molar-refractivity contribution in [1.82, 2.24) is 14.5 Å². The van der Waals surface area contributed by atoms with Crippen LogP contribution in [0.1, 0.15) is 27.0 Å². The summed E-state index contributed by atoms with van der Waals surface area (Å²) in [4.78, 5) is 38.8. The number of aryl methyl sites for hydroxylation is 1. The van der Waals surface area contributed by atoms with Gasteiger partial charge in [0.1, 0.15) is 5.75 Å². The molecule has 0 fully saturated rings. The van der Waals surface area contributed by atoms with Crippen LogP contribution in [0.15, 0.2) is 76.3 Å². The molecule has 1 amide bonds. The highest BCUT2D eigenvalue weighted by molar-refractivity contribution is 5.97. The van der Waals surface area contributed by atoms with E-state index < -0.39 is 11.2 Å². The SMILES string of the molecule is COc1ccc(CNC(=O)c2ccc3c(c2)c(=O)n(Cc2ccc(C#N)cc2)c(=O)n3C)cc1. The van der Waals surface area contributed by atoms with Gasteiger partial charge < -0.3 is 10.1 Å². The first-order chi connectivity index (χ1) is 16.4. The summed E-state index contributed by atoms with van der Waals surface area (Å²) in [5.74, 6) is 0.400. The molecule has 0 atom stereocenters. The second-order valence-corrected chi connectivity index (χ2v) is 7.80. The van der Waals surface area contributed by atoms with Crippen molar-refractivity contribution in [2.75, 3.05) is 7.11 Å². The van der Waals surface area contributed by atoms with Crippen molar-refractivity contribution in [2.24, 2.45) is 7.05 Å². The average Bonchev–Trinajstić information content (AvgIpc) is 2.88. The zero-order valence-corrected chi connectivity index (χ0v) is 18.7. The van der Waals surface area contributed by atoms with Gasteiger partial charge in [0.2, 0.25) is 0 Å². The number of amides is 1. The first-order valence-electron chi connectivity index (χ1n) is 10.5. The minimum absolute atomic E-state index is 0.0566. The molecule has 0 saturated heterocycles. The molecule has 0 radical (unpaired) electrons. The summed E-state index contributed by atoms with van der Waals surface area (Å²) in [6, 6.07) is 20.8. The minimum atomic E-state index is -0.479. The Kier molecular flexibility index (Phi) is 6.28. The molecule has 0 unspecified atom stereocenters. The molecule has 4 aromatic rings. The molecule has 4 rings (SSSR count). The molecule has 0 aliphatic rings. The van der Waals surface area contributed by atoms with E-state index in [2.05, 4.69) is 5.32 Å². The Balaban J connectivity index is 1.63. The number of carbonyl (C=O) groups excluding carboxylic acids is 1. The third-order valence-electron chi connectivity index (χ3n) is 5.65. The fourth-order valence-electron chi connectivity index (χ4n) is 3.69.